The van der Waals surface area contributed by atoms with Crippen LogP contribution in [0.5, 0.6) is 5.75 Å². The summed E-state index contributed by atoms with van der Waals surface area (Å²) in [5.74, 6) is 2.31. The molecule has 0 radical (unpaired) electrons. The number of rotatable bonds is 5. The van der Waals surface area contributed by atoms with Gasteiger partial charge in [0.05, 0.1) is 12.6 Å². The average molecular weight is 485 g/mol. The Hall–Kier alpha value is -2.12. The van der Waals surface area contributed by atoms with Crippen LogP contribution in [-0.4, -0.2) is 34.1 Å². The first-order valence-corrected chi connectivity index (χ1v) is 9.67. The second-order valence-electron chi connectivity index (χ2n) is 7.18. The number of fused-ring (bicyclic) bond motifs is 1. The molecule has 0 spiro atoms. The second kappa shape index (κ2) is 12.7. The first-order valence-electron chi connectivity index (χ1n) is 9.67. The Labute approximate surface area is 201 Å². The van der Waals surface area contributed by atoms with Gasteiger partial charge in [-0.05, 0) is 67.7 Å². The molecule has 0 saturated heterocycles. The fourth-order valence-corrected chi connectivity index (χ4v) is 3.54. The Morgan fingerprint density at radius 3 is 2.35 bits per heavy atom. The largest absolute Gasteiger partial charge is 0.497 e. The van der Waals surface area contributed by atoms with E-state index in [1.54, 1.807) is 19.5 Å². The van der Waals surface area contributed by atoms with Crippen molar-refractivity contribution in [3.8, 4) is 5.75 Å². The summed E-state index contributed by atoms with van der Waals surface area (Å²) in [5, 5.41) is 4.60. The van der Waals surface area contributed by atoms with Crippen LogP contribution in [0.1, 0.15) is 37.1 Å². The molecule has 1 aliphatic rings. The average Bonchev–Trinajstić information content (AvgIpc) is 2.74. The molecule has 0 amide bonds. The van der Waals surface area contributed by atoms with Crippen molar-refractivity contribution in [2.24, 2.45) is 5.73 Å². The highest BCUT2D eigenvalue weighted by Gasteiger charge is 2.20. The van der Waals surface area contributed by atoms with Crippen LogP contribution in [0.15, 0.2) is 42.7 Å². The Morgan fingerprint density at radius 1 is 0.968 bits per heavy atom. The van der Waals surface area contributed by atoms with Gasteiger partial charge in [-0.2, -0.15) is 0 Å². The van der Waals surface area contributed by atoms with E-state index in [1.165, 1.54) is 0 Å². The van der Waals surface area contributed by atoms with E-state index >= 15 is 0 Å². The predicted octanol–water partition coefficient (Wildman–Crippen LogP) is 5.15. The monoisotopic (exact) mass is 483 g/mol. The van der Waals surface area contributed by atoms with Crippen LogP contribution >= 0.6 is 37.2 Å². The van der Waals surface area contributed by atoms with Crippen molar-refractivity contribution in [2.75, 3.05) is 12.4 Å². The minimum absolute atomic E-state index is 0. The second-order valence-corrected chi connectivity index (χ2v) is 7.18. The van der Waals surface area contributed by atoms with Crippen molar-refractivity contribution in [3.05, 3.63) is 54.1 Å². The van der Waals surface area contributed by atoms with E-state index in [1.807, 2.05) is 42.5 Å². The molecule has 0 bridgehead atoms. The molecule has 0 atom stereocenters. The van der Waals surface area contributed by atoms with E-state index in [2.05, 4.69) is 10.3 Å². The minimum atomic E-state index is 0. The lowest BCUT2D eigenvalue weighted by molar-refractivity contribution is 0.410. The number of pyridine rings is 1. The molecule has 0 unspecified atom stereocenters. The number of ether oxygens (including phenoxy) is 1. The maximum Gasteiger partial charge on any atom is 0.154 e. The summed E-state index contributed by atoms with van der Waals surface area (Å²) in [6.07, 6.45) is 11.7. The molecule has 6 nitrogen and oxygen atoms in total. The van der Waals surface area contributed by atoms with Gasteiger partial charge in [0.25, 0.3) is 0 Å². The van der Waals surface area contributed by atoms with E-state index in [4.69, 9.17) is 20.4 Å². The van der Waals surface area contributed by atoms with E-state index in [-0.39, 0.29) is 37.2 Å². The number of methoxy groups -OCH3 is 1. The van der Waals surface area contributed by atoms with Gasteiger partial charge in [0, 0.05) is 29.9 Å². The molecule has 2 heterocycles. The number of nitrogens with zero attached hydrogens (tertiary/aromatic N) is 3. The molecule has 1 aromatic carbocycles. The lowest BCUT2D eigenvalue weighted by Crippen LogP contribution is -2.33. The summed E-state index contributed by atoms with van der Waals surface area (Å²) in [6.45, 7) is 0. The van der Waals surface area contributed by atoms with Crippen LogP contribution in [0.25, 0.3) is 23.1 Å². The standard InChI is InChI=1S/C22H25N5O.3ClH/c1-28-18-7-8-20-19(14-18)22(25-17-5-3-16(23)4-6-17)27-21(26-20)9-2-15-10-12-24-13-11-15;;;/h2,7-14,16-17H,3-6,23H2,1H3,(H,25,26,27);3*1H. The highest BCUT2D eigenvalue weighted by atomic mass is 35.5. The minimum Gasteiger partial charge on any atom is -0.497 e. The summed E-state index contributed by atoms with van der Waals surface area (Å²) in [4.78, 5) is 13.5. The Bertz CT molecular complexity index is 980. The van der Waals surface area contributed by atoms with Gasteiger partial charge in [0.15, 0.2) is 5.82 Å². The Balaban J connectivity index is 0.00000160. The lowest BCUT2D eigenvalue weighted by atomic mass is 9.92. The topological polar surface area (TPSA) is 86.0 Å². The van der Waals surface area contributed by atoms with Crippen LogP contribution in [-0.2, 0) is 0 Å². The van der Waals surface area contributed by atoms with E-state index in [0.29, 0.717) is 17.9 Å². The van der Waals surface area contributed by atoms with Gasteiger partial charge in [0.1, 0.15) is 11.6 Å². The molecule has 31 heavy (non-hydrogen) atoms. The number of hydrogen-bond donors (Lipinski definition) is 2. The molecular formula is C22H28Cl3N5O. The number of anilines is 1. The third kappa shape index (κ3) is 6.94. The van der Waals surface area contributed by atoms with Crippen molar-refractivity contribution >= 4 is 66.1 Å². The molecule has 1 saturated carbocycles. The maximum atomic E-state index is 6.05. The summed E-state index contributed by atoms with van der Waals surface area (Å²) in [7, 11) is 1.67. The highest BCUT2D eigenvalue weighted by Crippen LogP contribution is 2.28. The SMILES string of the molecule is COc1ccc2nc(C=Cc3ccncc3)nc(NC3CCC(N)CC3)c2c1.Cl.Cl.Cl. The predicted molar refractivity (Wildman–Crippen MR) is 135 cm³/mol. The Morgan fingerprint density at radius 2 is 1.68 bits per heavy atom. The normalized spacial score (nSPS) is 17.9. The third-order valence-electron chi connectivity index (χ3n) is 5.16. The van der Waals surface area contributed by atoms with Gasteiger partial charge in [-0.3, -0.25) is 4.98 Å². The maximum absolute atomic E-state index is 6.05. The van der Waals surface area contributed by atoms with Crippen molar-refractivity contribution in [3.63, 3.8) is 0 Å². The first-order chi connectivity index (χ1) is 13.7. The van der Waals surface area contributed by atoms with Crippen LogP contribution in [0.4, 0.5) is 5.82 Å². The fourth-order valence-electron chi connectivity index (χ4n) is 3.54. The number of hydrogen-bond acceptors (Lipinski definition) is 6. The third-order valence-corrected chi connectivity index (χ3v) is 5.16. The van der Waals surface area contributed by atoms with Gasteiger partial charge in [0.2, 0.25) is 0 Å². The van der Waals surface area contributed by atoms with E-state index in [0.717, 1.165) is 53.7 Å². The molecule has 9 heteroatoms. The number of nitrogens with two attached hydrogens (primary N) is 1. The molecule has 0 aliphatic heterocycles. The zero-order valence-corrected chi connectivity index (χ0v) is 19.7. The van der Waals surface area contributed by atoms with Gasteiger partial charge in [-0.25, -0.2) is 9.97 Å². The number of nitrogens with one attached hydrogen (secondary N) is 1. The van der Waals surface area contributed by atoms with Crippen molar-refractivity contribution in [2.45, 2.75) is 37.8 Å². The first kappa shape index (κ1) is 26.9. The van der Waals surface area contributed by atoms with Crippen molar-refractivity contribution in [1.29, 1.82) is 0 Å². The number of aromatic nitrogens is 3. The molecule has 2 aromatic heterocycles. The summed E-state index contributed by atoms with van der Waals surface area (Å²) in [5.41, 5.74) is 8.00. The van der Waals surface area contributed by atoms with E-state index in [9.17, 15) is 0 Å². The molecule has 1 aliphatic carbocycles. The highest BCUT2D eigenvalue weighted by molar-refractivity contribution is 5.91. The zero-order valence-electron chi connectivity index (χ0n) is 17.2. The van der Waals surface area contributed by atoms with Crippen LogP contribution in [0, 0.1) is 0 Å². The Kier molecular flexibility index (Phi) is 11.0. The lowest BCUT2D eigenvalue weighted by Gasteiger charge is -2.27. The fraction of sp³-hybridized carbons (Fsp3) is 0.318. The van der Waals surface area contributed by atoms with Gasteiger partial charge in [-0.1, -0.05) is 6.08 Å². The quantitative estimate of drug-likeness (QED) is 0.521. The summed E-state index contributed by atoms with van der Waals surface area (Å²) < 4.78 is 5.40. The van der Waals surface area contributed by atoms with Crippen LogP contribution in [0.3, 0.4) is 0 Å². The number of halogens is 3. The zero-order chi connectivity index (χ0) is 19.3. The molecule has 168 valence electrons. The van der Waals surface area contributed by atoms with Crippen molar-refractivity contribution in [1.82, 2.24) is 15.0 Å². The van der Waals surface area contributed by atoms with Crippen LogP contribution in [0.2, 0.25) is 0 Å². The summed E-state index contributed by atoms with van der Waals surface area (Å²) >= 11 is 0. The number of benzene rings is 1. The van der Waals surface area contributed by atoms with Crippen molar-refractivity contribution < 1.29 is 4.74 Å². The molecule has 1 fully saturated rings. The smallest absolute Gasteiger partial charge is 0.154 e. The van der Waals surface area contributed by atoms with Gasteiger partial charge < -0.3 is 15.8 Å². The van der Waals surface area contributed by atoms with Crippen LogP contribution < -0.4 is 15.8 Å². The van der Waals surface area contributed by atoms with Gasteiger partial charge in [-0.15, -0.1) is 37.2 Å². The van der Waals surface area contributed by atoms with E-state index < -0.39 is 0 Å². The molecular weight excluding hydrogens is 457 g/mol. The van der Waals surface area contributed by atoms with Gasteiger partial charge >= 0.3 is 0 Å². The molecule has 4 rings (SSSR count). The molecule has 3 N–H and O–H groups in total. The molecule has 3 aromatic rings. The summed E-state index contributed by atoms with van der Waals surface area (Å²) in [6, 6.07) is 10.5.